The zero-order valence-corrected chi connectivity index (χ0v) is 13.4. The average molecular weight is 327 g/mol. The van der Waals surface area contributed by atoms with Crippen molar-refractivity contribution in [3.63, 3.8) is 0 Å². The third kappa shape index (κ3) is 2.41. The van der Waals surface area contributed by atoms with Gasteiger partial charge in [0.2, 0.25) is 0 Å². The van der Waals surface area contributed by atoms with Gasteiger partial charge in [0, 0.05) is 10.5 Å². The van der Waals surface area contributed by atoms with Crippen molar-refractivity contribution in [2.75, 3.05) is 0 Å². The van der Waals surface area contributed by atoms with E-state index in [4.69, 9.17) is 12.2 Å². The Balaban J connectivity index is 2.59. The van der Waals surface area contributed by atoms with Gasteiger partial charge in [0.15, 0.2) is 4.77 Å². The standard InChI is InChI=1S/C14H19BrN2S/c1-4-10(5-2)9(3)17-13-8-11(15)6-7-12(13)16-14(17)18/h6-10H,4-5H2,1-3H3,(H,16,18). The Morgan fingerprint density at radius 1 is 1.33 bits per heavy atom. The second-order valence-electron chi connectivity index (χ2n) is 4.78. The molecule has 0 spiro atoms. The molecule has 2 aromatic rings. The molecule has 0 aliphatic carbocycles. The molecule has 18 heavy (non-hydrogen) atoms. The van der Waals surface area contributed by atoms with Crippen molar-refractivity contribution in [3.8, 4) is 0 Å². The van der Waals surface area contributed by atoms with Crippen LogP contribution in [0, 0.1) is 10.7 Å². The minimum Gasteiger partial charge on any atom is -0.331 e. The Hall–Kier alpha value is -0.610. The largest absolute Gasteiger partial charge is 0.331 e. The number of benzene rings is 1. The number of nitrogens with zero attached hydrogens (tertiary/aromatic N) is 1. The number of rotatable bonds is 4. The predicted molar refractivity (Wildman–Crippen MR) is 83.6 cm³/mol. The highest BCUT2D eigenvalue weighted by Gasteiger charge is 2.18. The normalized spacial score (nSPS) is 13.4. The van der Waals surface area contributed by atoms with E-state index in [9.17, 15) is 0 Å². The summed E-state index contributed by atoms with van der Waals surface area (Å²) in [5.41, 5.74) is 2.30. The monoisotopic (exact) mass is 326 g/mol. The number of imidazole rings is 1. The van der Waals surface area contributed by atoms with Crippen LogP contribution >= 0.6 is 28.1 Å². The number of halogens is 1. The van der Waals surface area contributed by atoms with Crippen LogP contribution in [0.5, 0.6) is 0 Å². The van der Waals surface area contributed by atoms with E-state index in [1.54, 1.807) is 0 Å². The fraction of sp³-hybridized carbons (Fsp3) is 0.500. The summed E-state index contributed by atoms with van der Waals surface area (Å²) in [5.74, 6) is 0.662. The molecule has 0 saturated carbocycles. The van der Waals surface area contributed by atoms with Gasteiger partial charge in [-0.1, -0.05) is 42.6 Å². The molecule has 1 N–H and O–H groups in total. The molecule has 0 aliphatic heterocycles. The summed E-state index contributed by atoms with van der Waals surface area (Å²) in [6.07, 6.45) is 2.36. The number of nitrogens with one attached hydrogen (secondary N) is 1. The second kappa shape index (κ2) is 5.57. The maximum Gasteiger partial charge on any atom is 0.178 e. The molecule has 1 aromatic heterocycles. The van der Waals surface area contributed by atoms with Crippen LogP contribution in [-0.4, -0.2) is 9.55 Å². The van der Waals surface area contributed by atoms with E-state index >= 15 is 0 Å². The molecule has 0 amide bonds. The zero-order chi connectivity index (χ0) is 13.3. The molecule has 4 heteroatoms. The summed E-state index contributed by atoms with van der Waals surface area (Å²) in [4.78, 5) is 3.30. The summed E-state index contributed by atoms with van der Waals surface area (Å²) in [7, 11) is 0. The molecule has 2 rings (SSSR count). The van der Waals surface area contributed by atoms with E-state index < -0.39 is 0 Å². The van der Waals surface area contributed by atoms with Crippen LogP contribution in [0.25, 0.3) is 11.0 Å². The zero-order valence-electron chi connectivity index (χ0n) is 11.0. The van der Waals surface area contributed by atoms with Gasteiger partial charge in [0.05, 0.1) is 11.0 Å². The van der Waals surface area contributed by atoms with E-state index in [0.717, 1.165) is 14.8 Å². The van der Waals surface area contributed by atoms with Gasteiger partial charge in [-0.05, 0) is 43.3 Å². The van der Waals surface area contributed by atoms with Crippen molar-refractivity contribution in [2.45, 2.75) is 39.7 Å². The lowest BCUT2D eigenvalue weighted by molar-refractivity contribution is 0.337. The third-order valence-electron chi connectivity index (χ3n) is 3.82. The molecule has 0 saturated heterocycles. The van der Waals surface area contributed by atoms with Crippen molar-refractivity contribution < 1.29 is 0 Å². The van der Waals surface area contributed by atoms with Gasteiger partial charge >= 0.3 is 0 Å². The summed E-state index contributed by atoms with van der Waals surface area (Å²) < 4.78 is 4.17. The maximum atomic E-state index is 5.48. The van der Waals surface area contributed by atoms with Gasteiger partial charge in [-0.3, -0.25) is 0 Å². The molecule has 0 radical (unpaired) electrons. The molecule has 2 nitrogen and oxygen atoms in total. The quantitative estimate of drug-likeness (QED) is 0.740. The fourth-order valence-corrected chi connectivity index (χ4v) is 3.40. The molecule has 1 heterocycles. The Kier molecular flexibility index (Phi) is 4.28. The summed E-state index contributed by atoms with van der Waals surface area (Å²) >= 11 is 9.01. The van der Waals surface area contributed by atoms with Crippen molar-refractivity contribution in [1.29, 1.82) is 0 Å². The molecular formula is C14H19BrN2S. The molecule has 0 aliphatic rings. The molecule has 1 unspecified atom stereocenters. The Morgan fingerprint density at radius 3 is 2.61 bits per heavy atom. The number of aromatic nitrogens is 2. The first-order valence-electron chi connectivity index (χ1n) is 6.48. The lowest BCUT2D eigenvalue weighted by Crippen LogP contribution is -2.15. The number of aromatic amines is 1. The average Bonchev–Trinajstić information content (AvgIpc) is 2.65. The first-order valence-corrected chi connectivity index (χ1v) is 7.68. The van der Waals surface area contributed by atoms with Crippen molar-refractivity contribution in [1.82, 2.24) is 9.55 Å². The van der Waals surface area contributed by atoms with Crippen molar-refractivity contribution in [3.05, 3.63) is 27.4 Å². The minimum absolute atomic E-state index is 0.426. The van der Waals surface area contributed by atoms with Crippen LogP contribution in [0.4, 0.5) is 0 Å². The lowest BCUT2D eigenvalue weighted by Gasteiger charge is -2.23. The van der Waals surface area contributed by atoms with E-state index in [-0.39, 0.29) is 0 Å². The highest BCUT2D eigenvalue weighted by Crippen LogP contribution is 2.29. The SMILES string of the molecule is CCC(CC)C(C)n1c(=S)[nH]c2ccc(Br)cc21. The van der Waals surface area contributed by atoms with Gasteiger partial charge < -0.3 is 9.55 Å². The van der Waals surface area contributed by atoms with E-state index in [1.165, 1.54) is 18.4 Å². The highest BCUT2D eigenvalue weighted by atomic mass is 79.9. The molecule has 0 bridgehead atoms. The van der Waals surface area contributed by atoms with Crippen LogP contribution in [0.15, 0.2) is 22.7 Å². The van der Waals surface area contributed by atoms with Crippen LogP contribution in [-0.2, 0) is 0 Å². The van der Waals surface area contributed by atoms with Crippen LogP contribution < -0.4 is 0 Å². The fourth-order valence-electron chi connectivity index (χ4n) is 2.68. The minimum atomic E-state index is 0.426. The molecule has 98 valence electrons. The number of hydrogen-bond acceptors (Lipinski definition) is 1. The number of fused-ring (bicyclic) bond motifs is 1. The summed E-state index contributed by atoms with van der Waals surface area (Å²) in [6.45, 7) is 6.76. The summed E-state index contributed by atoms with van der Waals surface area (Å²) in [5, 5.41) is 0. The topological polar surface area (TPSA) is 20.7 Å². The van der Waals surface area contributed by atoms with E-state index in [0.29, 0.717) is 12.0 Å². The molecular weight excluding hydrogens is 308 g/mol. The van der Waals surface area contributed by atoms with Crippen LogP contribution in [0.3, 0.4) is 0 Å². The predicted octanol–water partition coefficient (Wildman–Crippen LogP) is 5.46. The van der Waals surface area contributed by atoms with Crippen molar-refractivity contribution in [2.24, 2.45) is 5.92 Å². The van der Waals surface area contributed by atoms with Crippen molar-refractivity contribution >= 4 is 39.2 Å². The van der Waals surface area contributed by atoms with E-state index in [1.807, 2.05) is 6.07 Å². The van der Waals surface area contributed by atoms with Crippen LogP contribution in [0.2, 0.25) is 0 Å². The molecule has 1 atom stereocenters. The molecule has 1 aromatic carbocycles. The van der Waals surface area contributed by atoms with Gasteiger partial charge in [-0.2, -0.15) is 0 Å². The van der Waals surface area contributed by atoms with Gasteiger partial charge in [0.1, 0.15) is 0 Å². The Labute approximate surface area is 122 Å². The lowest BCUT2D eigenvalue weighted by atomic mass is 9.95. The van der Waals surface area contributed by atoms with Gasteiger partial charge in [-0.15, -0.1) is 0 Å². The third-order valence-corrected chi connectivity index (χ3v) is 4.61. The van der Waals surface area contributed by atoms with Gasteiger partial charge in [0.25, 0.3) is 0 Å². The van der Waals surface area contributed by atoms with Gasteiger partial charge in [-0.25, -0.2) is 0 Å². The smallest absolute Gasteiger partial charge is 0.178 e. The molecule has 0 fully saturated rings. The first-order chi connectivity index (χ1) is 8.58. The first kappa shape index (κ1) is 13.8. The highest BCUT2D eigenvalue weighted by molar-refractivity contribution is 9.10. The Morgan fingerprint density at radius 2 is 2.00 bits per heavy atom. The van der Waals surface area contributed by atoms with Crippen LogP contribution in [0.1, 0.15) is 39.7 Å². The summed E-state index contributed by atoms with van der Waals surface area (Å²) in [6, 6.07) is 6.68. The Bertz CT molecular complexity index is 595. The maximum absolute atomic E-state index is 5.48. The second-order valence-corrected chi connectivity index (χ2v) is 6.08. The number of hydrogen-bond donors (Lipinski definition) is 1. The number of H-pyrrole nitrogens is 1. The van der Waals surface area contributed by atoms with E-state index in [2.05, 4.69) is 58.4 Å².